The number of fused-ring (bicyclic) bond motifs is 1. The Kier molecular flexibility index (Phi) is 6.51. The van der Waals surface area contributed by atoms with E-state index in [0.29, 0.717) is 28.0 Å². The number of carbonyl (C=O) groups is 2. The van der Waals surface area contributed by atoms with E-state index < -0.39 is 0 Å². The van der Waals surface area contributed by atoms with Gasteiger partial charge in [-0.1, -0.05) is 23.7 Å². The van der Waals surface area contributed by atoms with Crippen LogP contribution in [0.2, 0.25) is 5.02 Å². The smallest absolute Gasteiger partial charge is 0.263 e. The number of piperidine rings is 2. The molecule has 2 aromatic rings. The highest BCUT2D eigenvalue weighted by Crippen LogP contribution is 2.37. The van der Waals surface area contributed by atoms with Gasteiger partial charge in [-0.05, 0) is 88.2 Å². The first-order valence-electron chi connectivity index (χ1n) is 12.1. The third kappa shape index (κ3) is 4.45. The predicted octanol–water partition coefficient (Wildman–Crippen LogP) is 5.53. The van der Waals surface area contributed by atoms with Crippen molar-refractivity contribution in [3.8, 4) is 0 Å². The largest absolute Gasteiger partial charge is 0.338 e. The summed E-state index contributed by atoms with van der Waals surface area (Å²) >= 11 is 7.67. The summed E-state index contributed by atoms with van der Waals surface area (Å²) in [5.41, 5.74) is 1.52. The summed E-state index contributed by atoms with van der Waals surface area (Å²) in [6.45, 7) is 9.18. The van der Waals surface area contributed by atoms with Crippen molar-refractivity contribution in [2.24, 2.45) is 11.8 Å². The van der Waals surface area contributed by atoms with Gasteiger partial charge >= 0.3 is 0 Å². The van der Waals surface area contributed by atoms with Crippen LogP contribution in [0.4, 0.5) is 5.00 Å². The molecule has 0 atom stereocenters. The molecule has 0 saturated carbocycles. The highest BCUT2D eigenvalue weighted by molar-refractivity contribution is 7.18. The summed E-state index contributed by atoms with van der Waals surface area (Å²) in [4.78, 5) is 33.1. The van der Waals surface area contributed by atoms with E-state index in [-0.39, 0.29) is 11.8 Å². The summed E-state index contributed by atoms with van der Waals surface area (Å²) in [7, 11) is 0. The van der Waals surface area contributed by atoms with Gasteiger partial charge in [0.15, 0.2) is 0 Å². The quantitative estimate of drug-likeness (QED) is 0.571. The number of benzene rings is 1. The number of anilines is 1. The summed E-state index contributed by atoms with van der Waals surface area (Å²) in [6.07, 6.45) is 4.80. The van der Waals surface area contributed by atoms with Gasteiger partial charge in [0.2, 0.25) is 0 Å². The molecule has 3 aliphatic heterocycles. The van der Waals surface area contributed by atoms with Crippen LogP contribution in [0.5, 0.6) is 0 Å². The van der Waals surface area contributed by atoms with Gasteiger partial charge in [0.05, 0.1) is 27.0 Å². The molecule has 4 heterocycles. The summed E-state index contributed by atoms with van der Waals surface area (Å²) in [6, 6.07) is 9.97. The van der Waals surface area contributed by atoms with Crippen LogP contribution < -0.4 is 4.90 Å². The molecule has 0 aliphatic carbocycles. The molecule has 0 unspecified atom stereocenters. The predicted molar refractivity (Wildman–Crippen MR) is 134 cm³/mol. The van der Waals surface area contributed by atoms with E-state index in [0.717, 1.165) is 48.3 Å². The Morgan fingerprint density at radius 1 is 1.00 bits per heavy atom. The lowest BCUT2D eigenvalue weighted by atomic mass is 9.78. The van der Waals surface area contributed by atoms with E-state index in [9.17, 15) is 9.59 Å². The van der Waals surface area contributed by atoms with Crippen LogP contribution in [0.3, 0.4) is 0 Å². The fraction of sp³-hybridized carbons (Fsp3) is 0.538. The van der Waals surface area contributed by atoms with Crippen LogP contribution in [-0.2, 0) is 6.54 Å². The third-order valence-corrected chi connectivity index (χ3v) is 9.17. The SMILES string of the molecule is CC(C)N1CCC(C2CCN(C(=O)c3ccc(N4Cc5cccc(Cl)c5C4=O)s3)CC2)CC1. The fourth-order valence-electron chi connectivity index (χ4n) is 5.72. The van der Waals surface area contributed by atoms with Crippen LogP contribution in [-0.4, -0.2) is 53.8 Å². The molecule has 33 heavy (non-hydrogen) atoms. The van der Waals surface area contributed by atoms with Gasteiger partial charge in [-0.25, -0.2) is 0 Å². The Morgan fingerprint density at radius 3 is 2.30 bits per heavy atom. The Bertz CT molecular complexity index is 1040. The van der Waals surface area contributed by atoms with Crippen LogP contribution >= 0.6 is 22.9 Å². The molecule has 1 aromatic heterocycles. The molecule has 2 saturated heterocycles. The molecule has 0 spiro atoms. The number of hydrogen-bond donors (Lipinski definition) is 0. The van der Waals surface area contributed by atoms with Crippen molar-refractivity contribution in [2.45, 2.75) is 52.1 Å². The van der Waals surface area contributed by atoms with Gasteiger partial charge < -0.3 is 9.80 Å². The number of halogens is 1. The van der Waals surface area contributed by atoms with Crippen molar-refractivity contribution in [2.75, 3.05) is 31.1 Å². The maximum absolute atomic E-state index is 13.2. The van der Waals surface area contributed by atoms with E-state index in [1.807, 2.05) is 29.2 Å². The van der Waals surface area contributed by atoms with Crippen LogP contribution in [0, 0.1) is 11.8 Å². The molecule has 2 amide bonds. The Hall–Kier alpha value is -1.89. The highest BCUT2D eigenvalue weighted by Gasteiger charge is 2.34. The van der Waals surface area contributed by atoms with E-state index in [1.165, 1.54) is 37.3 Å². The third-order valence-electron chi connectivity index (χ3n) is 7.75. The number of likely N-dealkylation sites (tertiary alicyclic amines) is 2. The van der Waals surface area contributed by atoms with Gasteiger partial charge in [0.1, 0.15) is 0 Å². The Labute approximate surface area is 205 Å². The van der Waals surface area contributed by atoms with Crippen molar-refractivity contribution in [1.82, 2.24) is 9.80 Å². The topological polar surface area (TPSA) is 43.9 Å². The molecule has 176 valence electrons. The zero-order chi connectivity index (χ0) is 23.1. The van der Waals surface area contributed by atoms with Crippen molar-refractivity contribution in [3.63, 3.8) is 0 Å². The van der Waals surface area contributed by atoms with Crippen molar-refractivity contribution in [1.29, 1.82) is 0 Å². The lowest BCUT2D eigenvalue weighted by molar-refractivity contribution is 0.0584. The van der Waals surface area contributed by atoms with Gasteiger partial charge in [-0.3, -0.25) is 14.5 Å². The van der Waals surface area contributed by atoms with Gasteiger partial charge in [0, 0.05) is 19.1 Å². The zero-order valence-electron chi connectivity index (χ0n) is 19.4. The monoisotopic (exact) mass is 485 g/mol. The minimum atomic E-state index is -0.0826. The molecule has 1 aromatic carbocycles. The zero-order valence-corrected chi connectivity index (χ0v) is 21.0. The van der Waals surface area contributed by atoms with E-state index >= 15 is 0 Å². The van der Waals surface area contributed by atoms with Gasteiger partial charge in [-0.15, -0.1) is 11.3 Å². The van der Waals surface area contributed by atoms with Crippen molar-refractivity contribution >= 4 is 39.8 Å². The molecule has 7 heteroatoms. The van der Waals surface area contributed by atoms with E-state index in [4.69, 9.17) is 11.6 Å². The van der Waals surface area contributed by atoms with Gasteiger partial charge in [0.25, 0.3) is 11.8 Å². The van der Waals surface area contributed by atoms with E-state index in [1.54, 1.807) is 11.0 Å². The first-order chi connectivity index (χ1) is 15.9. The number of nitrogens with zero attached hydrogens (tertiary/aromatic N) is 3. The fourth-order valence-corrected chi connectivity index (χ4v) is 6.97. The van der Waals surface area contributed by atoms with Crippen LogP contribution in [0.1, 0.15) is 65.1 Å². The number of rotatable bonds is 4. The second kappa shape index (κ2) is 9.40. The van der Waals surface area contributed by atoms with E-state index in [2.05, 4.69) is 18.7 Å². The van der Waals surface area contributed by atoms with Gasteiger partial charge in [-0.2, -0.15) is 0 Å². The molecule has 3 aliphatic rings. The summed E-state index contributed by atoms with van der Waals surface area (Å²) in [5.74, 6) is 1.57. The second-order valence-corrected chi connectivity index (χ2v) is 11.4. The van der Waals surface area contributed by atoms with Crippen molar-refractivity contribution in [3.05, 3.63) is 51.4 Å². The number of amides is 2. The number of carbonyl (C=O) groups excluding carboxylic acids is 2. The lowest BCUT2D eigenvalue weighted by Crippen LogP contribution is -2.44. The first-order valence-corrected chi connectivity index (χ1v) is 13.3. The maximum atomic E-state index is 13.2. The standard InChI is InChI=1S/C26H32ClN3O2S/c1-17(2)28-12-8-18(9-13-28)19-10-14-29(15-11-19)25(31)22-6-7-23(33-22)30-16-20-4-3-5-21(27)24(20)26(30)32/h3-7,17-19H,8-16H2,1-2H3. The van der Waals surface area contributed by atoms with Crippen LogP contribution in [0.15, 0.2) is 30.3 Å². The maximum Gasteiger partial charge on any atom is 0.263 e. The molecular formula is C26H32ClN3O2S. The Balaban J connectivity index is 1.18. The minimum absolute atomic E-state index is 0.0826. The normalized spacial score (nSPS) is 20.7. The second-order valence-electron chi connectivity index (χ2n) is 9.90. The summed E-state index contributed by atoms with van der Waals surface area (Å²) in [5, 5.41) is 1.30. The van der Waals surface area contributed by atoms with Crippen molar-refractivity contribution < 1.29 is 9.59 Å². The molecule has 5 rings (SSSR count). The molecule has 0 radical (unpaired) electrons. The number of hydrogen-bond acceptors (Lipinski definition) is 4. The minimum Gasteiger partial charge on any atom is -0.338 e. The highest BCUT2D eigenvalue weighted by atomic mass is 35.5. The molecule has 5 nitrogen and oxygen atoms in total. The van der Waals surface area contributed by atoms with Crippen LogP contribution in [0.25, 0.3) is 0 Å². The Morgan fingerprint density at radius 2 is 1.67 bits per heavy atom. The lowest BCUT2D eigenvalue weighted by Gasteiger charge is -2.41. The summed E-state index contributed by atoms with van der Waals surface area (Å²) < 4.78 is 0. The molecule has 0 bridgehead atoms. The average molecular weight is 486 g/mol. The molecular weight excluding hydrogens is 454 g/mol. The number of thiophene rings is 1. The average Bonchev–Trinajstić information content (AvgIpc) is 3.44. The molecule has 2 fully saturated rings. The first kappa shape index (κ1) is 22.9. The molecule has 0 N–H and O–H groups in total.